The average molecular weight is 304 g/mol. The molecule has 1 atom stereocenters. The quantitative estimate of drug-likeness (QED) is 0.749. The van der Waals surface area contributed by atoms with E-state index in [4.69, 9.17) is 0 Å². The van der Waals surface area contributed by atoms with Crippen LogP contribution >= 0.6 is 15.9 Å². The minimum atomic E-state index is 0.493. The maximum absolute atomic E-state index is 4.44. The molecule has 1 heterocycles. The van der Waals surface area contributed by atoms with Crippen LogP contribution in [0.4, 0.5) is 0 Å². The zero-order chi connectivity index (χ0) is 12.8. The van der Waals surface area contributed by atoms with E-state index >= 15 is 0 Å². The normalized spacial score (nSPS) is 12.3. The van der Waals surface area contributed by atoms with Crippen LogP contribution in [-0.4, -0.2) is 9.81 Å². The van der Waals surface area contributed by atoms with Gasteiger partial charge in [0.1, 0.15) is 0 Å². The van der Waals surface area contributed by atoms with E-state index in [1.54, 1.807) is 0 Å². The van der Waals surface area contributed by atoms with Gasteiger partial charge in [-0.15, -0.1) is 0 Å². The van der Waals surface area contributed by atoms with Gasteiger partial charge in [-0.05, 0) is 37.0 Å². The Labute approximate surface area is 117 Å². The van der Waals surface area contributed by atoms with Gasteiger partial charge in [-0.3, -0.25) is 4.98 Å². The van der Waals surface area contributed by atoms with Crippen LogP contribution in [0.15, 0.2) is 48.7 Å². The maximum Gasteiger partial charge on any atom is 0.0414 e. The van der Waals surface area contributed by atoms with Gasteiger partial charge < -0.3 is 0 Å². The van der Waals surface area contributed by atoms with E-state index in [-0.39, 0.29) is 0 Å². The van der Waals surface area contributed by atoms with Gasteiger partial charge in [-0.1, -0.05) is 52.3 Å². The number of aromatic nitrogens is 1. The first kappa shape index (κ1) is 13.3. The molecule has 2 aromatic rings. The second kappa shape index (κ2) is 6.69. The first-order chi connectivity index (χ1) is 8.74. The molecule has 1 aromatic carbocycles. The van der Waals surface area contributed by atoms with Crippen LogP contribution in [0, 0.1) is 6.92 Å². The molecule has 18 heavy (non-hydrogen) atoms. The standard InChI is InChI=1S/C16H18BrN/c1-13-7-10-16(18-12-13)11-15(17)9-8-14-5-3-2-4-6-14/h2-7,10,12,15H,8-9,11H2,1H3. The van der Waals surface area contributed by atoms with Gasteiger partial charge >= 0.3 is 0 Å². The summed E-state index contributed by atoms with van der Waals surface area (Å²) in [5, 5.41) is 0. The number of rotatable bonds is 5. The number of hydrogen-bond donors (Lipinski definition) is 0. The molecule has 2 heteroatoms. The Kier molecular flexibility index (Phi) is 4.94. The molecule has 0 saturated heterocycles. The van der Waals surface area contributed by atoms with E-state index in [1.165, 1.54) is 11.1 Å². The fourth-order valence-corrected chi connectivity index (χ4v) is 2.48. The largest absolute Gasteiger partial charge is 0.261 e. The molecule has 0 N–H and O–H groups in total. The highest BCUT2D eigenvalue weighted by Gasteiger charge is 2.06. The number of alkyl halides is 1. The third-order valence-electron chi connectivity index (χ3n) is 2.99. The second-order valence-corrected chi connectivity index (χ2v) is 5.95. The van der Waals surface area contributed by atoms with Crippen LogP contribution in [0.25, 0.3) is 0 Å². The Bertz CT molecular complexity index is 464. The fraction of sp³-hybridized carbons (Fsp3) is 0.312. The molecular weight excluding hydrogens is 286 g/mol. The van der Waals surface area contributed by atoms with Crippen LogP contribution in [0.3, 0.4) is 0 Å². The summed E-state index contributed by atoms with van der Waals surface area (Å²) < 4.78 is 0. The van der Waals surface area contributed by atoms with Gasteiger partial charge in [0, 0.05) is 23.1 Å². The highest BCUT2D eigenvalue weighted by Crippen LogP contribution is 2.15. The van der Waals surface area contributed by atoms with Gasteiger partial charge in [-0.25, -0.2) is 0 Å². The highest BCUT2D eigenvalue weighted by molar-refractivity contribution is 9.09. The second-order valence-electron chi connectivity index (χ2n) is 4.65. The molecule has 0 fully saturated rings. The zero-order valence-corrected chi connectivity index (χ0v) is 12.2. The van der Waals surface area contributed by atoms with Crippen LogP contribution in [-0.2, 0) is 12.8 Å². The van der Waals surface area contributed by atoms with Crippen molar-refractivity contribution in [1.29, 1.82) is 0 Å². The smallest absolute Gasteiger partial charge is 0.0414 e. The molecule has 1 nitrogen and oxygen atoms in total. The van der Waals surface area contributed by atoms with Gasteiger partial charge in [0.15, 0.2) is 0 Å². The Morgan fingerprint density at radius 3 is 2.56 bits per heavy atom. The lowest BCUT2D eigenvalue weighted by Gasteiger charge is -2.09. The molecule has 0 aliphatic carbocycles. The first-order valence-electron chi connectivity index (χ1n) is 6.33. The third-order valence-corrected chi connectivity index (χ3v) is 3.77. The number of pyridine rings is 1. The molecule has 0 aliphatic rings. The van der Waals surface area contributed by atoms with E-state index in [0.717, 1.165) is 25.0 Å². The van der Waals surface area contributed by atoms with Crippen molar-refractivity contribution in [2.75, 3.05) is 0 Å². The molecule has 94 valence electrons. The minimum absolute atomic E-state index is 0.493. The predicted molar refractivity (Wildman–Crippen MR) is 80.2 cm³/mol. The SMILES string of the molecule is Cc1ccc(CC(Br)CCc2ccccc2)nc1. The number of hydrogen-bond acceptors (Lipinski definition) is 1. The van der Waals surface area contributed by atoms with Gasteiger partial charge in [0.05, 0.1) is 0 Å². The number of nitrogens with zero attached hydrogens (tertiary/aromatic N) is 1. The summed E-state index contributed by atoms with van der Waals surface area (Å²) in [4.78, 5) is 4.94. The monoisotopic (exact) mass is 303 g/mol. The lowest BCUT2D eigenvalue weighted by atomic mass is 10.1. The summed E-state index contributed by atoms with van der Waals surface area (Å²) in [7, 11) is 0. The van der Waals surface area contributed by atoms with Crippen LogP contribution in [0.5, 0.6) is 0 Å². The van der Waals surface area contributed by atoms with Crippen LogP contribution < -0.4 is 0 Å². The van der Waals surface area contributed by atoms with E-state index in [9.17, 15) is 0 Å². The first-order valence-corrected chi connectivity index (χ1v) is 7.25. The van der Waals surface area contributed by atoms with E-state index < -0.39 is 0 Å². The molecule has 0 spiro atoms. The van der Waals surface area contributed by atoms with Crippen molar-refractivity contribution in [3.05, 3.63) is 65.5 Å². The molecular formula is C16H18BrN. The van der Waals surface area contributed by atoms with Crippen LogP contribution in [0.2, 0.25) is 0 Å². The summed E-state index contributed by atoms with van der Waals surface area (Å²) in [6.45, 7) is 2.07. The Morgan fingerprint density at radius 1 is 1.11 bits per heavy atom. The molecule has 1 aromatic heterocycles. The van der Waals surface area contributed by atoms with E-state index in [2.05, 4.69) is 70.3 Å². The summed E-state index contributed by atoms with van der Waals surface area (Å²) in [6.07, 6.45) is 5.18. The van der Waals surface area contributed by atoms with Crippen LogP contribution in [0.1, 0.15) is 23.2 Å². The average Bonchev–Trinajstić information content (AvgIpc) is 2.40. The summed E-state index contributed by atoms with van der Waals surface area (Å²) in [5.41, 5.74) is 3.78. The molecule has 1 unspecified atom stereocenters. The Hall–Kier alpha value is -1.15. The van der Waals surface area contributed by atoms with Gasteiger partial charge in [0.25, 0.3) is 0 Å². The predicted octanol–water partition coefficient (Wildman–Crippen LogP) is 4.33. The van der Waals surface area contributed by atoms with Crippen molar-refractivity contribution in [3.8, 4) is 0 Å². The van der Waals surface area contributed by atoms with Gasteiger partial charge in [0.2, 0.25) is 0 Å². The molecule has 0 saturated carbocycles. The van der Waals surface area contributed by atoms with Crippen molar-refractivity contribution in [2.45, 2.75) is 31.0 Å². The van der Waals surface area contributed by atoms with Crippen molar-refractivity contribution in [3.63, 3.8) is 0 Å². The van der Waals surface area contributed by atoms with Crippen molar-refractivity contribution >= 4 is 15.9 Å². The lowest BCUT2D eigenvalue weighted by Crippen LogP contribution is -2.06. The fourth-order valence-electron chi connectivity index (χ4n) is 1.92. The molecule has 0 bridgehead atoms. The zero-order valence-electron chi connectivity index (χ0n) is 10.6. The van der Waals surface area contributed by atoms with Crippen molar-refractivity contribution in [1.82, 2.24) is 4.98 Å². The Morgan fingerprint density at radius 2 is 1.89 bits per heavy atom. The number of halogens is 1. The third kappa shape index (κ3) is 4.26. The minimum Gasteiger partial charge on any atom is -0.261 e. The summed E-state index contributed by atoms with van der Waals surface area (Å²) >= 11 is 3.75. The molecule has 0 amide bonds. The van der Waals surface area contributed by atoms with E-state index in [1.807, 2.05) is 6.20 Å². The van der Waals surface area contributed by atoms with Crippen molar-refractivity contribution < 1.29 is 0 Å². The maximum atomic E-state index is 4.44. The number of benzene rings is 1. The summed E-state index contributed by atoms with van der Waals surface area (Å²) in [5.74, 6) is 0. The Balaban J connectivity index is 1.82. The molecule has 0 radical (unpaired) electrons. The van der Waals surface area contributed by atoms with E-state index in [0.29, 0.717) is 4.83 Å². The molecule has 0 aliphatic heterocycles. The van der Waals surface area contributed by atoms with Crippen molar-refractivity contribution in [2.24, 2.45) is 0 Å². The number of aryl methyl sites for hydroxylation is 2. The van der Waals surface area contributed by atoms with Gasteiger partial charge in [-0.2, -0.15) is 0 Å². The highest BCUT2D eigenvalue weighted by atomic mass is 79.9. The summed E-state index contributed by atoms with van der Waals surface area (Å²) in [6, 6.07) is 14.9. The lowest BCUT2D eigenvalue weighted by molar-refractivity contribution is 0.750. The topological polar surface area (TPSA) is 12.9 Å². The molecule has 2 rings (SSSR count).